The van der Waals surface area contributed by atoms with Crippen LogP contribution in [0.4, 0.5) is 0 Å². The highest BCUT2D eigenvalue weighted by atomic mass is 16.5. The van der Waals surface area contributed by atoms with E-state index in [9.17, 15) is 4.79 Å². The minimum absolute atomic E-state index is 0.0377. The molecule has 1 aliphatic heterocycles. The lowest BCUT2D eigenvalue weighted by Crippen LogP contribution is -2.38. The number of hydrogen-bond donors (Lipinski definition) is 0. The molecule has 1 amide bonds. The van der Waals surface area contributed by atoms with Crippen molar-refractivity contribution in [2.24, 2.45) is 0 Å². The molecule has 5 heterocycles. The molecule has 0 spiro atoms. The van der Waals surface area contributed by atoms with Crippen molar-refractivity contribution in [3.63, 3.8) is 0 Å². The van der Waals surface area contributed by atoms with Crippen molar-refractivity contribution < 1.29 is 9.32 Å². The molecule has 1 saturated heterocycles. The van der Waals surface area contributed by atoms with Crippen LogP contribution in [0, 0.1) is 6.92 Å². The number of carbonyl (C=O) groups excluding carboxylic acids is 1. The molecule has 0 saturated carbocycles. The monoisotopic (exact) mass is 426 g/mol. The lowest BCUT2D eigenvalue weighted by atomic mass is 9.89. The minimum Gasteiger partial charge on any atom is -0.356 e. The van der Waals surface area contributed by atoms with Crippen LogP contribution in [0.2, 0.25) is 0 Å². The van der Waals surface area contributed by atoms with Crippen LogP contribution >= 0.6 is 0 Å². The number of hydrogen-bond acceptors (Lipinski definition) is 7. The van der Waals surface area contributed by atoms with E-state index in [2.05, 4.69) is 20.1 Å². The number of nitrogens with zero attached hydrogens (tertiary/aromatic N) is 6. The summed E-state index contributed by atoms with van der Waals surface area (Å²) in [6, 6.07) is 9.22. The van der Waals surface area contributed by atoms with Gasteiger partial charge in [0.2, 0.25) is 0 Å². The SMILES string of the molecule is Cc1cc(-c2cnc(-c3cccnc3)nc2C2CCN(C(=O)c3ccncc3)CC2)on1. The van der Waals surface area contributed by atoms with E-state index < -0.39 is 0 Å². The molecular formula is C24H22N6O2. The fourth-order valence-corrected chi connectivity index (χ4v) is 4.05. The van der Waals surface area contributed by atoms with Gasteiger partial charge in [0.05, 0.1) is 17.0 Å². The second-order valence-corrected chi connectivity index (χ2v) is 7.87. The zero-order valence-corrected chi connectivity index (χ0v) is 17.7. The normalized spacial score (nSPS) is 14.5. The molecule has 0 bridgehead atoms. The smallest absolute Gasteiger partial charge is 0.253 e. The maximum Gasteiger partial charge on any atom is 0.253 e. The molecule has 4 aromatic rings. The molecule has 32 heavy (non-hydrogen) atoms. The summed E-state index contributed by atoms with van der Waals surface area (Å²) in [4.78, 5) is 32.4. The molecule has 0 N–H and O–H groups in total. The third-order valence-corrected chi connectivity index (χ3v) is 5.73. The zero-order chi connectivity index (χ0) is 21.9. The summed E-state index contributed by atoms with van der Waals surface area (Å²) >= 11 is 0. The van der Waals surface area contributed by atoms with Gasteiger partial charge in [-0.25, -0.2) is 9.97 Å². The summed E-state index contributed by atoms with van der Waals surface area (Å²) in [5, 5.41) is 4.03. The van der Waals surface area contributed by atoms with Crippen molar-refractivity contribution in [1.82, 2.24) is 30.0 Å². The van der Waals surface area contributed by atoms with Crippen LogP contribution in [0.25, 0.3) is 22.7 Å². The fourth-order valence-electron chi connectivity index (χ4n) is 4.05. The average Bonchev–Trinajstić information content (AvgIpc) is 3.30. The topological polar surface area (TPSA) is 97.9 Å². The van der Waals surface area contributed by atoms with Crippen molar-refractivity contribution in [1.29, 1.82) is 0 Å². The van der Waals surface area contributed by atoms with E-state index in [-0.39, 0.29) is 11.8 Å². The van der Waals surface area contributed by atoms with Crippen molar-refractivity contribution in [2.45, 2.75) is 25.7 Å². The molecule has 4 aromatic heterocycles. The van der Waals surface area contributed by atoms with Crippen LogP contribution in [0.15, 0.2) is 65.8 Å². The van der Waals surface area contributed by atoms with Gasteiger partial charge in [-0.1, -0.05) is 5.16 Å². The minimum atomic E-state index is 0.0377. The Kier molecular flexibility index (Phi) is 5.41. The second kappa shape index (κ2) is 8.66. The Hall–Kier alpha value is -3.94. The van der Waals surface area contributed by atoms with Gasteiger partial charge >= 0.3 is 0 Å². The van der Waals surface area contributed by atoms with E-state index in [4.69, 9.17) is 9.51 Å². The second-order valence-electron chi connectivity index (χ2n) is 7.87. The van der Waals surface area contributed by atoms with E-state index in [1.807, 2.05) is 30.0 Å². The van der Waals surface area contributed by atoms with Gasteiger partial charge < -0.3 is 9.42 Å². The number of carbonyl (C=O) groups is 1. The Morgan fingerprint density at radius 3 is 2.56 bits per heavy atom. The molecule has 8 heteroatoms. The van der Waals surface area contributed by atoms with Crippen LogP contribution < -0.4 is 0 Å². The van der Waals surface area contributed by atoms with Crippen LogP contribution in [0.1, 0.15) is 40.5 Å². The van der Waals surface area contributed by atoms with E-state index in [0.29, 0.717) is 30.2 Å². The summed E-state index contributed by atoms with van der Waals surface area (Å²) in [5.74, 6) is 1.50. The maximum atomic E-state index is 12.8. The van der Waals surface area contributed by atoms with Crippen LogP contribution in [-0.4, -0.2) is 49.0 Å². The Morgan fingerprint density at radius 2 is 1.88 bits per heavy atom. The predicted octanol–water partition coefficient (Wildman–Crippen LogP) is 3.92. The number of likely N-dealkylation sites (tertiary alicyclic amines) is 1. The van der Waals surface area contributed by atoms with Gasteiger partial charge in [-0.2, -0.15) is 0 Å². The highest BCUT2D eigenvalue weighted by Crippen LogP contribution is 2.35. The van der Waals surface area contributed by atoms with Crippen molar-refractivity contribution in [3.8, 4) is 22.7 Å². The molecule has 0 aromatic carbocycles. The van der Waals surface area contributed by atoms with Crippen LogP contribution in [-0.2, 0) is 0 Å². The lowest BCUT2D eigenvalue weighted by molar-refractivity contribution is 0.0712. The van der Waals surface area contributed by atoms with E-state index in [0.717, 1.165) is 35.4 Å². The lowest BCUT2D eigenvalue weighted by Gasteiger charge is -2.32. The van der Waals surface area contributed by atoms with Gasteiger partial charge in [0, 0.05) is 67.2 Å². The molecule has 1 fully saturated rings. The first kappa shape index (κ1) is 20.0. The predicted molar refractivity (Wildman–Crippen MR) is 118 cm³/mol. The summed E-state index contributed by atoms with van der Waals surface area (Å²) in [5.41, 5.74) is 4.10. The molecule has 1 aliphatic rings. The summed E-state index contributed by atoms with van der Waals surface area (Å²) in [7, 11) is 0. The van der Waals surface area contributed by atoms with E-state index in [1.165, 1.54) is 0 Å². The zero-order valence-electron chi connectivity index (χ0n) is 17.7. The Balaban J connectivity index is 1.43. The van der Waals surface area contributed by atoms with Gasteiger partial charge in [0.25, 0.3) is 5.91 Å². The van der Waals surface area contributed by atoms with E-state index in [1.54, 1.807) is 43.1 Å². The standard InChI is InChI=1S/C24H22N6O2/c1-16-13-21(32-29-16)20-15-27-23(19-3-2-8-26-14-19)28-22(20)17-6-11-30(12-7-17)24(31)18-4-9-25-10-5-18/h2-5,8-10,13-15,17H,6-7,11-12H2,1H3. The van der Waals surface area contributed by atoms with Gasteiger partial charge in [-0.3, -0.25) is 14.8 Å². The largest absolute Gasteiger partial charge is 0.356 e. The van der Waals surface area contributed by atoms with Gasteiger partial charge in [0.15, 0.2) is 11.6 Å². The molecule has 0 unspecified atom stereocenters. The van der Waals surface area contributed by atoms with Crippen molar-refractivity contribution in [3.05, 3.63) is 78.3 Å². The number of aromatic nitrogens is 5. The van der Waals surface area contributed by atoms with Crippen LogP contribution in [0.3, 0.4) is 0 Å². The Morgan fingerprint density at radius 1 is 1.06 bits per heavy atom. The molecule has 160 valence electrons. The number of piperidine rings is 1. The first-order chi connectivity index (χ1) is 15.7. The van der Waals surface area contributed by atoms with Gasteiger partial charge in [-0.05, 0) is 44.0 Å². The molecule has 0 radical (unpaired) electrons. The molecular weight excluding hydrogens is 404 g/mol. The summed E-state index contributed by atoms with van der Waals surface area (Å²) in [6.45, 7) is 3.21. The molecule has 8 nitrogen and oxygen atoms in total. The number of rotatable bonds is 4. The number of amides is 1. The first-order valence-electron chi connectivity index (χ1n) is 10.6. The van der Waals surface area contributed by atoms with Crippen LogP contribution in [0.5, 0.6) is 0 Å². The molecule has 5 rings (SSSR count). The fraction of sp³-hybridized carbons (Fsp3) is 0.250. The Labute approximate surface area is 185 Å². The first-order valence-corrected chi connectivity index (χ1v) is 10.6. The average molecular weight is 426 g/mol. The van der Waals surface area contributed by atoms with Crippen molar-refractivity contribution in [2.75, 3.05) is 13.1 Å². The van der Waals surface area contributed by atoms with Gasteiger partial charge in [0.1, 0.15) is 0 Å². The molecule has 0 atom stereocenters. The number of pyridine rings is 2. The Bertz CT molecular complexity index is 1220. The van der Waals surface area contributed by atoms with Gasteiger partial charge in [-0.15, -0.1) is 0 Å². The number of aryl methyl sites for hydroxylation is 1. The third-order valence-electron chi connectivity index (χ3n) is 5.73. The quantitative estimate of drug-likeness (QED) is 0.488. The third kappa shape index (κ3) is 3.99. The van der Waals surface area contributed by atoms with E-state index >= 15 is 0 Å². The maximum absolute atomic E-state index is 12.8. The van der Waals surface area contributed by atoms with Crippen molar-refractivity contribution >= 4 is 5.91 Å². The highest BCUT2D eigenvalue weighted by Gasteiger charge is 2.28. The summed E-state index contributed by atoms with van der Waals surface area (Å²) < 4.78 is 5.53. The highest BCUT2D eigenvalue weighted by molar-refractivity contribution is 5.94. The molecule has 0 aliphatic carbocycles. The summed E-state index contributed by atoms with van der Waals surface area (Å²) in [6.07, 6.45) is 10.2.